The van der Waals surface area contributed by atoms with E-state index >= 15 is 0 Å². The Morgan fingerprint density at radius 3 is 2.17 bits per heavy atom. The van der Waals surface area contributed by atoms with Gasteiger partial charge in [-0.05, 0) is 62.2 Å². The Kier molecular flexibility index (Phi) is 9.12. The van der Waals surface area contributed by atoms with Crippen LogP contribution in [-0.2, 0) is 26.2 Å². The number of hydrogen-bond donors (Lipinski definition) is 1. The van der Waals surface area contributed by atoms with Crippen LogP contribution in [0.15, 0.2) is 83.8 Å². The molecule has 0 radical (unpaired) electrons. The molecule has 0 aromatic heterocycles. The summed E-state index contributed by atoms with van der Waals surface area (Å²) in [5.41, 5.74) is 1.86. The fourth-order valence-electron chi connectivity index (χ4n) is 3.77. The average Bonchev–Trinajstić information content (AvgIpc) is 2.87. The molecule has 0 heterocycles. The maximum atomic E-state index is 13.8. The number of hydrogen-bond acceptors (Lipinski definition) is 4. The second kappa shape index (κ2) is 12.1. The molecule has 1 unspecified atom stereocenters. The number of para-hydroxylation sites is 1. The number of sulfonamides is 1. The van der Waals surface area contributed by atoms with Gasteiger partial charge < -0.3 is 10.2 Å². The summed E-state index contributed by atoms with van der Waals surface area (Å²) >= 11 is 6.01. The minimum atomic E-state index is -4.07. The van der Waals surface area contributed by atoms with Crippen molar-refractivity contribution in [3.8, 4) is 0 Å². The van der Waals surface area contributed by atoms with Crippen molar-refractivity contribution in [3.63, 3.8) is 0 Å². The Morgan fingerprint density at radius 1 is 0.944 bits per heavy atom. The lowest BCUT2D eigenvalue weighted by molar-refractivity contribution is -0.139. The average molecular weight is 528 g/mol. The predicted octanol–water partition coefficient (Wildman–Crippen LogP) is 4.40. The molecule has 1 N–H and O–H groups in total. The predicted molar refractivity (Wildman–Crippen MR) is 142 cm³/mol. The molecule has 7 nitrogen and oxygen atoms in total. The maximum Gasteiger partial charge on any atom is 0.264 e. The Balaban J connectivity index is 2.02. The summed E-state index contributed by atoms with van der Waals surface area (Å²) < 4.78 is 28.5. The number of nitrogens with one attached hydrogen (secondary N) is 1. The molecule has 0 spiro atoms. The first kappa shape index (κ1) is 27.2. The minimum Gasteiger partial charge on any atom is -0.355 e. The Hall–Kier alpha value is -3.36. The number of rotatable bonds is 10. The van der Waals surface area contributed by atoms with Crippen LogP contribution in [0.5, 0.6) is 0 Å². The summed E-state index contributed by atoms with van der Waals surface area (Å²) in [6, 6.07) is 21.1. The molecule has 0 bridgehead atoms. The lowest BCUT2D eigenvalue weighted by Gasteiger charge is -2.32. The van der Waals surface area contributed by atoms with Gasteiger partial charge in [-0.2, -0.15) is 0 Å². The summed E-state index contributed by atoms with van der Waals surface area (Å²) in [5, 5.41) is 3.29. The summed E-state index contributed by atoms with van der Waals surface area (Å²) in [4.78, 5) is 27.9. The third-order valence-electron chi connectivity index (χ3n) is 5.78. The van der Waals surface area contributed by atoms with E-state index in [4.69, 9.17) is 11.6 Å². The van der Waals surface area contributed by atoms with Gasteiger partial charge in [-0.3, -0.25) is 13.9 Å². The van der Waals surface area contributed by atoms with E-state index in [-0.39, 0.29) is 17.3 Å². The van der Waals surface area contributed by atoms with Gasteiger partial charge >= 0.3 is 0 Å². The molecule has 0 aliphatic heterocycles. The first-order valence-electron chi connectivity index (χ1n) is 11.6. The van der Waals surface area contributed by atoms with Crippen LogP contribution in [0.25, 0.3) is 0 Å². The van der Waals surface area contributed by atoms with Crippen LogP contribution in [0.2, 0.25) is 5.02 Å². The molecule has 1 atom stereocenters. The van der Waals surface area contributed by atoms with Crippen LogP contribution in [0.4, 0.5) is 5.69 Å². The summed E-state index contributed by atoms with van der Waals surface area (Å²) in [5.74, 6) is -0.834. The van der Waals surface area contributed by atoms with E-state index in [0.29, 0.717) is 22.8 Å². The normalized spacial score (nSPS) is 12.0. The van der Waals surface area contributed by atoms with Crippen molar-refractivity contribution in [1.29, 1.82) is 0 Å². The van der Waals surface area contributed by atoms with E-state index in [2.05, 4.69) is 5.32 Å². The topological polar surface area (TPSA) is 86.8 Å². The van der Waals surface area contributed by atoms with E-state index in [1.165, 1.54) is 17.0 Å². The molecule has 0 aliphatic rings. The summed E-state index contributed by atoms with van der Waals surface area (Å²) in [6.45, 7) is 5.26. The number of halogens is 1. The van der Waals surface area contributed by atoms with Gasteiger partial charge in [0.2, 0.25) is 11.8 Å². The number of nitrogens with zero attached hydrogens (tertiary/aromatic N) is 2. The Bertz CT molecular complexity index is 1300. The third-order valence-corrected chi connectivity index (χ3v) is 7.80. The number of carbonyl (C=O) groups is 2. The molecule has 0 aliphatic carbocycles. The zero-order valence-corrected chi connectivity index (χ0v) is 22.1. The van der Waals surface area contributed by atoms with Crippen molar-refractivity contribution < 1.29 is 18.0 Å². The molecule has 3 rings (SSSR count). The molecule has 9 heteroatoms. The van der Waals surface area contributed by atoms with Crippen LogP contribution in [0.3, 0.4) is 0 Å². The largest absolute Gasteiger partial charge is 0.355 e. The van der Waals surface area contributed by atoms with Crippen LogP contribution >= 0.6 is 11.6 Å². The van der Waals surface area contributed by atoms with E-state index in [1.807, 2.05) is 0 Å². The van der Waals surface area contributed by atoms with Gasteiger partial charge in [0.25, 0.3) is 10.0 Å². The first-order valence-corrected chi connectivity index (χ1v) is 13.4. The Labute approximate surface area is 217 Å². The molecular formula is C27H30ClN3O4S. The molecule has 3 aromatic carbocycles. The van der Waals surface area contributed by atoms with Gasteiger partial charge in [-0.25, -0.2) is 8.42 Å². The number of amides is 2. The maximum absolute atomic E-state index is 13.8. The van der Waals surface area contributed by atoms with Crippen molar-refractivity contribution >= 4 is 39.1 Å². The molecule has 0 fully saturated rings. The molecule has 36 heavy (non-hydrogen) atoms. The Morgan fingerprint density at radius 2 is 1.56 bits per heavy atom. The van der Waals surface area contributed by atoms with Gasteiger partial charge in [-0.1, -0.05) is 60.1 Å². The zero-order valence-electron chi connectivity index (χ0n) is 20.5. The highest BCUT2D eigenvalue weighted by atomic mass is 35.5. The van der Waals surface area contributed by atoms with E-state index in [9.17, 15) is 18.0 Å². The smallest absolute Gasteiger partial charge is 0.264 e. The fourth-order valence-corrected chi connectivity index (χ4v) is 5.39. The molecule has 0 saturated heterocycles. The minimum absolute atomic E-state index is 0.0714. The molecular weight excluding hydrogens is 498 g/mol. The van der Waals surface area contributed by atoms with Gasteiger partial charge in [0, 0.05) is 18.1 Å². The third kappa shape index (κ3) is 6.44. The van der Waals surface area contributed by atoms with Gasteiger partial charge in [0.1, 0.15) is 12.6 Å². The summed E-state index contributed by atoms with van der Waals surface area (Å²) in [7, 11) is -4.07. The number of carbonyl (C=O) groups excluding carboxylic acids is 2. The van der Waals surface area contributed by atoms with Gasteiger partial charge in [0.15, 0.2) is 0 Å². The lowest BCUT2D eigenvalue weighted by Crippen LogP contribution is -2.51. The zero-order chi connectivity index (χ0) is 26.3. The standard InChI is InChI=1S/C27H30ClN3O4S/c1-4-29-27(33)21(3)30(18-22-14-16-23(28)17-15-22)26(32)19-31(25-13-9-8-10-20(25)2)36(34,35)24-11-6-5-7-12-24/h5-17,21H,4,18-19H2,1-3H3,(H,29,33). The van der Waals surface area contributed by atoms with Gasteiger partial charge in [0.05, 0.1) is 10.6 Å². The van der Waals surface area contributed by atoms with Crippen molar-refractivity contribution in [1.82, 2.24) is 10.2 Å². The van der Waals surface area contributed by atoms with Crippen LogP contribution in [0, 0.1) is 6.92 Å². The van der Waals surface area contributed by atoms with Crippen molar-refractivity contribution in [2.75, 3.05) is 17.4 Å². The van der Waals surface area contributed by atoms with E-state index in [0.717, 1.165) is 9.87 Å². The SMILES string of the molecule is CCNC(=O)C(C)N(Cc1ccc(Cl)cc1)C(=O)CN(c1ccccc1C)S(=O)(=O)c1ccccc1. The molecule has 3 aromatic rings. The monoisotopic (exact) mass is 527 g/mol. The van der Waals surface area contributed by atoms with Crippen LogP contribution < -0.4 is 9.62 Å². The van der Waals surface area contributed by atoms with Crippen molar-refractivity contribution in [2.45, 2.75) is 38.3 Å². The molecule has 0 saturated carbocycles. The van der Waals surface area contributed by atoms with E-state index < -0.39 is 28.5 Å². The molecule has 190 valence electrons. The van der Waals surface area contributed by atoms with Crippen LogP contribution in [0.1, 0.15) is 25.0 Å². The number of aryl methyl sites for hydroxylation is 1. The van der Waals surface area contributed by atoms with Crippen molar-refractivity contribution in [3.05, 3.63) is 95.0 Å². The highest BCUT2D eigenvalue weighted by Crippen LogP contribution is 2.27. The van der Waals surface area contributed by atoms with Gasteiger partial charge in [-0.15, -0.1) is 0 Å². The summed E-state index contributed by atoms with van der Waals surface area (Å²) in [6.07, 6.45) is 0. The highest BCUT2D eigenvalue weighted by Gasteiger charge is 2.32. The fraction of sp³-hybridized carbons (Fsp3) is 0.259. The number of benzene rings is 3. The number of likely N-dealkylation sites (N-methyl/N-ethyl adjacent to an activating group) is 1. The van der Waals surface area contributed by atoms with Crippen LogP contribution in [-0.4, -0.2) is 44.3 Å². The lowest BCUT2D eigenvalue weighted by atomic mass is 10.1. The number of anilines is 1. The second-order valence-electron chi connectivity index (χ2n) is 8.33. The van der Waals surface area contributed by atoms with E-state index in [1.54, 1.807) is 87.5 Å². The first-order chi connectivity index (χ1) is 17.1. The second-order valence-corrected chi connectivity index (χ2v) is 10.6. The van der Waals surface area contributed by atoms with Crippen molar-refractivity contribution in [2.24, 2.45) is 0 Å². The quantitative estimate of drug-likeness (QED) is 0.423. The highest BCUT2D eigenvalue weighted by molar-refractivity contribution is 7.92. The molecule has 2 amide bonds.